The maximum Gasteiger partial charge on any atom is 0.328 e. The molecule has 2 rings (SSSR count). The van der Waals surface area contributed by atoms with Crippen LogP contribution in [-0.4, -0.2) is 15.6 Å². The van der Waals surface area contributed by atoms with Crippen molar-refractivity contribution in [3.8, 4) is 0 Å². The van der Waals surface area contributed by atoms with Gasteiger partial charge >= 0.3 is 5.97 Å². The number of benzene rings is 1. The zero-order valence-corrected chi connectivity index (χ0v) is 11.4. The maximum absolute atomic E-state index is 10.6. The fourth-order valence-electron chi connectivity index (χ4n) is 2.03. The molecule has 18 heavy (non-hydrogen) atoms. The number of hydrogen-bond donors (Lipinski definition) is 1. The average Bonchev–Trinajstić information content (AvgIpc) is 2.55. The summed E-state index contributed by atoms with van der Waals surface area (Å²) in [5.74, 6) is -1.01. The molecular weight excluding hydrogens is 273 g/mol. The van der Waals surface area contributed by atoms with Crippen LogP contribution in [0.2, 0.25) is 10.2 Å². The van der Waals surface area contributed by atoms with Gasteiger partial charge in [-0.05, 0) is 24.6 Å². The Bertz CT molecular complexity index is 671. The molecule has 0 spiro atoms. The van der Waals surface area contributed by atoms with Gasteiger partial charge in [0.15, 0.2) is 0 Å². The van der Waals surface area contributed by atoms with Crippen LogP contribution < -0.4 is 0 Å². The van der Waals surface area contributed by atoms with Crippen LogP contribution in [0.5, 0.6) is 0 Å². The van der Waals surface area contributed by atoms with Gasteiger partial charge in [-0.1, -0.05) is 29.3 Å². The van der Waals surface area contributed by atoms with E-state index >= 15 is 0 Å². The molecule has 5 heteroatoms. The summed E-state index contributed by atoms with van der Waals surface area (Å²) in [4.78, 5) is 10.6. The molecule has 0 amide bonds. The smallest absolute Gasteiger partial charge is 0.328 e. The number of aromatic nitrogens is 1. The topological polar surface area (TPSA) is 42.2 Å². The predicted octanol–water partition coefficient (Wildman–Crippen LogP) is 3.89. The summed E-state index contributed by atoms with van der Waals surface area (Å²) in [5.41, 5.74) is 2.53. The third-order valence-corrected chi connectivity index (χ3v) is 3.77. The van der Waals surface area contributed by atoms with Gasteiger partial charge in [-0.25, -0.2) is 4.79 Å². The van der Waals surface area contributed by atoms with Gasteiger partial charge < -0.3 is 9.67 Å². The Labute approximate surface area is 114 Å². The normalized spacial score (nSPS) is 11.6. The second-order valence-electron chi connectivity index (χ2n) is 4.00. The molecule has 1 N–H and O–H groups in total. The first-order chi connectivity index (χ1) is 8.43. The molecule has 0 saturated carbocycles. The first-order valence-electron chi connectivity index (χ1n) is 5.27. The van der Waals surface area contributed by atoms with Crippen LogP contribution in [0.1, 0.15) is 11.1 Å². The molecule has 0 aliphatic heterocycles. The van der Waals surface area contributed by atoms with Crippen molar-refractivity contribution < 1.29 is 9.90 Å². The SMILES string of the molecule is Cc1c(Cl)ccc2c(/C=C/C(=O)O)c(Cl)n(C)c12. The van der Waals surface area contributed by atoms with Gasteiger partial charge in [0.25, 0.3) is 0 Å². The van der Waals surface area contributed by atoms with Crippen LogP contribution in [0, 0.1) is 6.92 Å². The number of carboxylic acid groups (broad SMARTS) is 1. The fraction of sp³-hybridized carbons (Fsp3) is 0.154. The number of nitrogens with zero attached hydrogens (tertiary/aromatic N) is 1. The Balaban J connectivity index is 2.80. The molecule has 2 aromatic rings. The number of hydrogen-bond acceptors (Lipinski definition) is 1. The molecular formula is C13H11Cl2NO2. The van der Waals surface area contributed by atoms with E-state index in [0.717, 1.165) is 22.5 Å². The van der Waals surface area contributed by atoms with Gasteiger partial charge in [-0.3, -0.25) is 0 Å². The lowest BCUT2D eigenvalue weighted by atomic mass is 10.1. The van der Waals surface area contributed by atoms with Gasteiger partial charge in [0, 0.05) is 29.1 Å². The molecule has 0 atom stereocenters. The van der Waals surface area contributed by atoms with E-state index in [1.54, 1.807) is 10.6 Å². The number of carboxylic acids is 1. The predicted molar refractivity (Wildman–Crippen MR) is 74.3 cm³/mol. The van der Waals surface area contributed by atoms with Crippen LogP contribution in [0.3, 0.4) is 0 Å². The highest BCUT2D eigenvalue weighted by Gasteiger charge is 2.14. The Morgan fingerprint density at radius 1 is 1.39 bits per heavy atom. The summed E-state index contributed by atoms with van der Waals surface area (Å²) < 4.78 is 1.81. The van der Waals surface area contributed by atoms with E-state index in [1.165, 1.54) is 6.08 Å². The number of aryl methyl sites for hydroxylation is 2. The van der Waals surface area contributed by atoms with Crippen molar-refractivity contribution in [3.05, 3.63) is 39.5 Å². The van der Waals surface area contributed by atoms with Crippen LogP contribution in [0.4, 0.5) is 0 Å². The minimum atomic E-state index is -1.01. The highest BCUT2D eigenvalue weighted by atomic mass is 35.5. The van der Waals surface area contributed by atoms with Crippen molar-refractivity contribution in [1.29, 1.82) is 0 Å². The molecule has 0 aliphatic rings. The zero-order valence-electron chi connectivity index (χ0n) is 9.87. The van der Waals surface area contributed by atoms with E-state index in [9.17, 15) is 4.79 Å². The first-order valence-corrected chi connectivity index (χ1v) is 6.03. The molecule has 94 valence electrons. The van der Waals surface area contributed by atoms with E-state index in [2.05, 4.69) is 0 Å². The Hall–Kier alpha value is -1.45. The van der Waals surface area contributed by atoms with E-state index in [0.29, 0.717) is 15.7 Å². The largest absolute Gasteiger partial charge is 0.478 e. The minimum absolute atomic E-state index is 0.493. The summed E-state index contributed by atoms with van der Waals surface area (Å²) in [7, 11) is 1.83. The van der Waals surface area contributed by atoms with Crippen molar-refractivity contribution in [2.45, 2.75) is 6.92 Å². The molecule has 0 unspecified atom stereocenters. The molecule has 0 fully saturated rings. The molecule has 0 aliphatic carbocycles. The van der Waals surface area contributed by atoms with Crippen molar-refractivity contribution in [2.24, 2.45) is 7.05 Å². The summed E-state index contributed by atoms with van der Waals surface area (Å²) in [6, 6.07) is 3.63. The number of aliphatic carboxylic acids is 1. The van der Waals surface area contributed by atoms with Gasteiger partial charge in [0.05, 0.1) is 5.52 Å². The summed E-state index contributed by atoms with van der Waals surface area (Å²) in [6.07, 6.45) is 2.57. The third-order valence-electron chi connectivity index (χ3n) is 2.90. The van der Waals surface area contributed by atoms with Gasteiger partial charge in [0.1, 0.15) is 5.15 Å². The molecule has 1 aromatic heterocycles. The van der Waals surface area contributed by atoms with E-state index in [4.69, 9.17) is 28.3 Å². The first kappa shape index (κ1) is 13.0. The number of carbonyl (C=O) groups is 1. The summed E-state index contributed by atoms with van der Waals surface area (Å²) in [5, 5.41) is 10.7. The third kappa shape index (κ3) is 2.00. The highest BCUT2D eigenvalue weighted by molar-refractivity contribution is 6.34. The molecule has 0 saturated heterocycles. The quantitative estimate of drug-likeness (QED) is 0.850. The number of rotatable bonds is 2. The Morgan fingerprint density at radius 3 is 2.67 bits per heavy atom. The van der Waals surface area contributed by atoms with Crippen LogP contribution in [-0.2, 0) is 11.8 Å². The van der Waals surface area contributed by atoms with Gasteiger partial charge in [-0.2, -0.15) is 0 Å². The molecule has 0 radical (unpaired) electrons. The summed E-state index contributed by atoms with van der Waals surface area (Å²) in [6.45, 7) is 1.91. The molecule has 0 bridgehead atoms. The van der Waals surface area contributed by atoms with Crippen molar-refractivity contribution in [2.75, 3.05) is 0 Å². The molecule has 3 nitrogen and oxygen atoms in total. The lowest BCUT2D eigenvalue weighted by molar-refractivity contribution is -0.131. The Morgan fingerprint density at radius 2 is 2.06 bits per heavy atom. The monoisotopic (exact) mass is 283 g/mol. The maximum atomic E-state index is 10.6. The second-order valence-corrected chi connectivity index (χ2v) is 4.77. The van der Waals surface area contributed by atoms with E-state index in [1.807, 2.05) is 20.0 Å². The standard InChI is InChI=1S/C13H11Cl2NO2/c1-7-10(14)5-3-8-9(4-6-11(17)18)13(15)16(2)12(7)8/h3-6H,1-2H3,(H,17,18)/b6-4+. The van der Waals surface area contributed by atoms with Crippen LogP contribution >= 0.6 is 23.2 Å². The van der Waals surface area contributed by atoms with Gasteiger partial charge in [-0.15, -0.1) is 0 Å². The lowest BCUT2D eigenvalue weighted by Crippen LogP contribution is -1.89. The van der Waals surface area contributed by atoms with E-state index in [-0.39, 0.29) is 0 Å². The highest BCUT2D eigenvalue weighted by Crippen LogP contribution is 2.34. The van der Waals surface area contributed by atoms with E-state index < -0.39 is 5.97 Å². The lowest BCUT2D eigenvalue weighted by Gasteiger charge is -2.03. The number of halogens is 2. The fourth-order valence-corrected chi connectivity index (χ4v) is 2.43. The van der Waals surface area contributed by atoms with Crippen molar-refractivity contribution in [1.82, 2.24) is 4.57 Å². The average molecular weight is 284 g/mol. The zero-order chi connectivity index (χ0) is 13.4. The van der Waals surface area contributed by atoms with Crippen molar-refractivity contribution in [3.63, 3.8) is 0 Å². The van der Waals surface area contributed by atoms with Crippen molar-refractivity contribution >= 4 is 46.2 Å². The molecule has 1 heterocycles. The summed E-state index contributed by atoms with van der Waals surface area (Å²) >= 11 is 12.3. The second kappa shape index (κ2) is 4.67. The molecule has 1 aromatic carbocycles. The Kier molecular flexibility index (Phi) is 3.37. The van der Waals surface area contributed by atoms with Crippen LogP contribution in [0.15, 0.2) is 18.2 Å². The number of fused-ring (bicyclic) bond motifs is 1. The minimum Gasteiger partial charge on any atom is -0.478 e. The van der Waals surface area contributed by atoms with Gasteiger partial charge in [0.2, 0.25) is 0 Å². The van der Waals surface area contributed by atoms with Crippen LogP contribution in [0.25, 0.3) is 17.0 Å².